The van der Waals surface area contributed by atoms with E-state index >= 15 is 0 Å². The maximum absolute atomic E-state index is 13.2. The van der Waals surface area contributed by atoms with E-state index in [1.807, 2.05) is 15.9 Å². The highest BCUT2D eigenvalue weighted by atomic mass is 35.5. The van der Waals surface area contributed by atoms with Crippen LogP contribution in [0.1, 0.15) is 62.0 Å². The van der Waals surface area contributed by atoms with Gasteiger partial charge < -0.3 is 4.98 Å². The Morgan fingerprint density at radius 1 is 1.17 bits per heavy atom. The van der Waals surface area contributed by atoms with E-state index in [9.17, 15) is 4.79 Å². The fraction of sp³-hybridized carbons (Fsp3) is 0.500. The molecule has 5 rings (SSSR count). The predicted molar refractivity (Wildman–Crippen MR) is 117 cm³/mol. The first-order valence-electron chi connectivity index (χ1n) is 10.6. The van der Waals surface area contributed by atoms with E-state index in [2.05, 4.69) is 36.2 Å². The number of nitrogens with zero attached hydrogens (tertiary/aromatic N) is 4. The van der Waals surface area contributed by atoms with Crippen LogP contribution in [0, 0.1) is 0 Å². The number of benzene rings is 1. The third-order valence-corrected chi connectivity index (χ3v) is 6.10. The van der Waals surface area contributed by atoms with Crippen molar-refractivity contribution >= 4 is 30.1 Å². The van der Waals surface area contributed by atoms with E-state index in [1.165, 1.54) is 31.2 Å². The van der Waals surface area contributed by atoms with Gasteiger partial charge in [-0.05, 0) is 31.2 Å². The first-order valence-corrected chi connectivity index (χ1v) is 10.6. The third kappa shape index (κ3) is 3.54. The van der Waals surface area contributed by atoms with Crippen LogP contribution in [0.5, 0.6) is 0 Å². The number of rotatable bonds is 5. The molecular weight excluding hydrogens is 386 g/mol. The Kier molecular flexibility index (Phi) is 5.63. The number of fused-ring (bicyclic) bond motifs is 3. The lowest BCUT2D eigenvalue weighted by Gasteiger charge is -2.32. The average Bonchev–Trinajstić information content (AvgIpc) is 3.44. The molecule has 3 heterocycles. The van der Waals surface area contributed by atoms with Gasteiger partial charge in [-0.2, -0.15) is 0 Å². The molecule has 2 aromatic rings. The number of urea groups is 1. The van der Waals surface area contributed by atoms with Crippen molar-refractivity contribution in [1.29, 1.82) is 0 Å². The van der Waals surface area contributed by atoms with Crippen molar-refractivity contribution in [3.63, 3.8) is 0 Å². The van der Waals surface area contributed by atoms with E-state index in [0.717, 1.165) is 36.0 Å². The number of anilines is 1. The summed E-state index contributed by atoms with van der Waals surface area (Å²) >= 11 is 0. The Hall–Kier alpha value is -2.34. The lowest BCUT2D eigenvalue weighted by molar-refractivity contribution is 0.226. The monoisotopic (exact) mass is 413 g/mol. The van der Waals surface area contributed by atoms with Crippen LogP contribution in [0.4, 0.5) is 10.6 Å². The number of hydrogen-bond acceptors (Lipinski definition) is 3. The summed E-state index contributed by atoms with van der Waals surface area (Å²) in [5.74, 6) is 3.08. The van der Waals surface area contributed by atoms with Crippen LogP contribution in [0.25, 0.3) is 0 Å². The summed E-state index contributed by atoms with van der Waals surface area (Å²) in [5, 5.41) is 0. The zero-order chi connectivity index (χ0) is 19.1. The number of imidazole rings is 1. The van der Waals surface area contributed by atoms with Crippen LogP contribution in [0.15, 0.2) is 35.3 Å². The smallest absolute Gasteiger partial charge is 0.331 e. The second kappa shape index (κ2) is 8.19. The molecule has 3 aliphatic rings. The molecule has 154 valence electrons. The van der Waals surface area contributed by atoms with Crippen molar-refractivity contribution in [3.8, 4) is 0 Å². The average molecular weight is 414 g/mol. The van der Waals surface area contributed by atoms with Gasteiger partial charge in [0.25, 0.3) is 0 Å². The first kappa shape index (κ1) is 20.0. The largest absolute Gasteiger partial charge is 0.337 e. The summed E-state index contributed by atoms with van der Waals surface area (Å²) < 4.78 is 0. The minimum absolute atomic E-state index is 0. The van der Waals surface area contributed by atoms with Gasteiger partial charge in [0, 0.05) is 12.5 Å². The summed E-state index contributed by atoms with van der Waals surface area (Å²) in [5.41, 5.74) is 2.19. The van der Waals surface area contributed by atoms with E-state index < -0.39 is 0 Å². The van der Waals surface area contributed by atoms with Gasteiger partial charge in [0.1, 0.15) is 11.5 Å². The van der Waals surface area contributed by atoms with Crippen LogP contribution >= 0.6 is 12.4 Å². The Morgan fingerprint density at radius 3 is 2.66 bits per heavy atom. The van der Waals surface area contributed by atoms with Gasteiger partial charge in [-0.3, -0.25) is 14.8 Å². The Labute approximate surface area is 177 Å². The molecule has 0 saturated heterocycles. The fourth-order valence-electron chi connectivity index (χ4n) is 4.73. The molecule has 1 aliphatic carbocycles. The van der Waals surface area contributed by atoms with Crippen LogP contribution in [0.3, 0.4) is 0 Å². The van der Waals surface area contributed by atoms with Crippen molar-refractivity contribution < 1.29 is 4.79 Å². The number of nitrogens with one attached hydrogen (secondary N) is 1. The van der Waals surface area contributed by atoms with Gasteiger partial charge in [0.15, 0.2) is 11.7 Å². The summed E-state index contributed by atoms with van der Waals surface area (Å²) in [6.45, 7) is 3.43. The molecule has 0 radical (unpaired) electrons. The number of aromatic nitrogens is 2. The molecule has 29 heavy (non-hydrogen) atoms. The molecule has 1 N–H and O–H groups in total. The van der Waals surface area contributed by atoms with Crippen LogP contribution in [-0.4, -0.2) is 45.9 Å². The molecule has 0 spiro atoms. The van der Waals surface area contributed by atoms with Crippen molar-refractivity contribution in [2.75, 3.05) is 18.0 Å². The lowest BCUT2D eigenvalue weighted by atomic mass is 10.1. The molecule has 1 aromatic heterocycles. The highest BCUT2D eigenvalue weighted by Crippen LogP contribution is 2.37. The summed E-state index contributed by atoms with van der Waals surface area (Å²) in [6.07, 6.45) is 6.65. The molecule has 6 nitrogen and oxygen atoms in total. The van der Waals surface area contributed by atoms with Crippen molar-refractivity contribution in [2.24, 2.45) is 4.99 Å². The minimum atomic E-state index is 0. The normalized spacial score (nSPS) is 21.1. The molecule has 1 atom stereocenters. The molecule has 7 heteroatoms. The maximum atomic E-state index is 13.2. The second-order valence-electron chi connectivity index (χ2n) is 8.14. The number of H-pyrrole nitrogens is 1. The number of aliphatic imine (C=N–C) groups is 1. The first-order chi connectivity index (χ1) is 13.7. The third-order valence-electron chi connectivity index (χ3n) is 6.10. The zero-order valence-corrected chi connectivity index (χ0v) is 17.6. The fourth-order valence-corrected chi connectivity index (χ4v) is 4.73. The second-order valence-corrected chi connectivity index (χ2v) is 8.14. The van der Waals surface area contributed by atoms with Gasteiger partial charge in [-0.25, -0.2) is 9.78 Å². The van der Waals surface area contributed by atoms with E-state index in [1.54, 1.807) is 0 Å². The van der Waals surface area contributed by atoms with Crippen molar-refractivity contribution in [1.82, 2.24) is 14.9 Å². The highest BCUT2D eigenvalue weighted by Gasteiger charge is 2.42. The maximum Gasteiger partial charge on any atom is 0.331 e. The zero-order valence-electron chi connectivity index (χ0n) is 16.8. The molecule has 2 amide bonds. The van der Waals surface area contributed by atoms with Crippen LogP contribution in [-0.2, 0) is 6.42 Å². The van der Waals surface area contributed by atoms with Gasteiger partial charge in [-0.1, -0.05) is 50.1 Å². The Balaban J connectivity index is 0.00000205. The highest BCUT2D eigenvalue weighted by molar-refractivity contribution is 6.18. The van der Waals surface area contributed by atoms with Crippen LogP contribution in [0.2, 0.25) is 0 Å². The van der Waals surface area contributed by atoms with Crippen molar-refractivity contribution in [3.05, 3.63) is 47.4 Å². The van der Waals surface area contributed by atoms with Gasteiger partial charge in [-0.15, -0.1) is 12.4 Å². The van der Waals surface area contributed by atoms with Crippen molar-refractivity contribution in [2.45, 2.75) is 57.4 Å². The Morgan fingerprint density at radius 2 is 1.93 bits per heavy atom. The number of hydrogen-bond donors (Lipinski definition) is 1. The standard InChI is InChI=1S/C22H27N5O.ClH/c1-2-12-26-21-18(24-19(25-21)16-10-6-7-11-16)20-23-17(14-27(20)22(26)28)13-15-8-4-3-5-9-15;/h3-5,8-9,16-17H,2,6-7,10-14H2,1H3,(H,24,25);1H/t17-;/m1./s1. The summed E-state index contributed by atoms with van der Waals surface area (Å²) in [6, 6.07) is 10.5. The number of carbonyl (C=O) groups excluding carboxylic acids is 1. The summed E-state index contributed by atoms with van der Waals surface area (Å²) in [7, 11) is 0. The number of aromatic amines is 1. The number of halogens is 1. The van der Waals surface area contributed by atoms with Gasteiger partial charge in [0.05, 0.1) is 12.6 Å². The Bertz CT molecular complexity index is 903. The number of carbonyl (C=O) groups is 1. The van der Waals surface area contributed by atoms with E-state index in [4.69, 9.17) is 9.98 Å². The predicted octanol–water partition coefficient (Wildman–Crippen LogP) is 4.51. The molecule has 0 unspecified atom stereocenters. The number of amidine groups is 1. The summed E-state index contributed by atoms with van der Waals surface area (Å²) in [4.78, 5) is 30.3. The number of amides is 2. The molecule has 2 aliphatic heterocycles. The quantitative estimate of drug-likeness (QED) is 0.783. The topological polar surface area (TPSA) is 64.6 Å². The SMILES string of the molecule is CCCN1C(=O)N2C[C@@H](Cc3ccccc3)N=C2c2[nH]c(C3CCCC3)nc21.Cl. The van der Waals surface area contributed by atoms with Gasteiger partial charge >= 0.3 is 6.03 Å². The molecule has 1 saturated carbocycles. The van der Waals surface area contributed by atoms with E-state index in [-0.39, 0.29) is 24.5 Å². The lowest BCUT2D eigenvalue weighted by Crippen LogP contribution is -2.50. The molecule has 1 fully saturated rings. The van der Waals surface area contributed by atoms with Crippen LogP contribution < -0.4 is 4.90 Å². The molecule has 0 bridgehead atoms. The molecule has 1 aromatic carbocycles. The minimum Gasteiger partial charge on any atom is -0.337 e. The van der Waals surface area contributed by atoms with Gasteiger partial charge in [0.2, 0.25) is 0 Å². The van der Waals surface area contributed by atoms with E-state index in [0.29, 0.717) is 19.0 Å². The molecular formula is C22H28ClN5O.